The number of carbonyl (C=O) groups excluding carboxylic acids is 2. The van der Waals surface area contributed by atoms with Gasteiger partial charge in [0.05, 0.1) is 32.0 Å². The van der Waals surface area contributed by atoms with Gasteiger partial charge < -0.3 is 75.2 Å². The second-order valence-corrected chi connectivity index (χ2v) is 10.2. The molecule has 232 valence electrons. The van der Waals surface area contributed by atoms with Gasteiger partial charge in [0.25, 0.3) is 0 Å². The normalized spacial score (nSPS) is 46.0. The van der Waals surface area contributed by atoms with Crippen LogP contribution in [0.25, 0.3) is 0 Å². The van der Waals surface area contributed by atoms with Gasteiger partial charge in [-0.05, 0) is 6.92 Å². The predicted molar refractivity (Wildman–Crippen MR) is 128 cm³/mol. The Morgan fingerprint density at radius 1 is 0.675 bits per heavy atom. The van der Waals surface area contributed by atoms with Gasteiger partial charge >= 0.3 is 0 Å². The Bertz CT molecular complexity index is 851. The number of carbonyl (C=O) groups is 2. The topological polar surface area (TPSA) is 266 Å². The zero-order chi connectivity index (χ0) is 29.9. The number of ether oxygens (including phenoxy) is 5. The molecule has 3 rings (SSSR count). The Kier molecular flexibility index (Phi) is 11.6. The fraction of sp³-hybridized carbons (Fsp3) is 0.913. The van der Waals surface area contributed by atoms with Gasteiger partial charge in [-0.15, -0.1) is 0 Å². The molecule has 3 aliphatic heterocycles. The maximum absolute atomic E-state index is 11.9. The van der Waals surface area contributed by atoms with Crippen molar-refractivity contribution in [3.05, 3.63) is 0 Å². The van der Waals surface area contributed by atoms with E-state index in [1.807, 2.05) is 0 Å². The first-order valence-corrected chi connectivity index (χ1v) is 12.9. The van der Waals surface area contributed by atoms with E-state index in [0.29, 0.717) is 0 Å². The molecule has 17 heteroatoms. The molecule has 0 spiro atoms. The van der Waals surface area contributed by atoms with E-state index in [2.05, 4.69) is 10.6 Å². The lowest BCUT2D eigenvalue weighted by Gasteiger charge is -2.47. The number of rotatable bonds is 9. The van der Waals surface area contributed by atoms with Crippen LogP contribution in [0.1, 0.15) is 20.8 Å². The quantitative estimate of drug-likeness (QED) is 0.121. The summed E-state index contributed by atoms with van der Waals surface area (Å²) in [6, 6.07) is -2.21. The molecular formula is C23H40N2O15. The molecule has 0 aliphatic carbocycles. The van der Waals surface area contributed by atoms with Crippen molar-refractivity contribution in [2.24, 2.45) is 0 Å². The molecule has 15 atom stereocenters. The third-order valence-electron chi connectivity index (χ3n) is 7.15. The van der Waals surface area contributed by atoms with E-state index in [1.54, 1.807) is 6.92 Å². The van der Waals surface area contributed by atoms with E-state index in [9.17, 15) is 50.4 Å². The van der Waals surface area contributed by atoms with Crippen molar-refractivity contribution < 1.29 is 74.1 Å². The molecular weight excluding hydrogens is 544 g/mol. The highest BCUT2D eigenvalue weighted by molar-refractivity contribution is 5.73. The van der Waals surface area contributed by atoms with Crippen LogP contribution in [0.5, 0.6) is 0 Å². The Labute approximate surface area is 229 Å². The van der Waals surface area contributed by atoms with Crippen LogP contribution in [0, 0.1) is 0 Å². The van der Waals surface area contributed by atoms with Crippen LogP contribution in [-0.4, -0.2) is 164 Å². The monoisotopic (exact) mass is 584 g/mol. The molecule has 2 amide bonds. The van der Waals surface area contributed by atoms with Crippen molar-refractivity contribution in [2.75, 3.05) is 19.8 Å². The third-order valence-corrected chi connectivity index (χ3v) is 7.15. The molecule has 0 aromatic heterocycles. The maximum atomic E-state index is 11.9. The van der Waals surface area contributed by atoms with Gasteiger partial charge in [-0.25, -0.2) is 0 Å². The van der Waals surface area contributed by atoms with E-state index in [-0.39, 0.29) is 0 Å². The Balaban J connectivity index is 1.73. The molecule has 40 heavy (non-hydrogen) atoms. The summed E-state index contributed by atoms with van der Waals surface area (Å²) in [5, 5.41) is 86.8. The zero-order valence-electron chi connectivity index (χ0n) is 22.2. The Hall–Kier alpha value is -1.58. The van der Waals surface area contributed by atoms with Crippen LogP contribution >= 0.6 is 0 Å². The van der Waals surface area contributed by atoms with E-state index < -0.39 is 123 Å². The highest BCUT2D eigenvalue weighted by Gasteiger charge is 2.52. The molecule has 0 radical (unpaired) electrons. The lowest BCUT2D eigenvalue weighted by molar-refractivity contribution is -0.350. The van der Waals surface area contributed by atoms with Gasteiger partial charge in [-0.3, -0.25) is 9.59 Å². The summed E-state index contributed by atoms with van der Waals surface area (Å²) in [5.41, 5.74) is 0. The van der Waals surface area contributed by atoms with Gasteiger partial charge in [-0.2, -0.15) is 0 Å². The molecule has 3 fully saturated rings. The summed E-state index contributed by atoms with van der Waals surface area (Å²) >= 11 is 0. The maximum Gasteiger partial charge on any atom is 0.217 e. The highest BCUT2D eigenvalue weighted by atomic mass is 16.7. The van der Waals surface area contributed by atoms with Crippen molar-refractivity contribution >= 4 is 11.8 Å². The summed E-state index contributed by atoms with van der Waals surface area (Å²) in [6.07, 6.45) is -18.8. The molecule has 17 nitrogen and oxygen atoms in total. The Morgan fingerprint density at radius 3 is 1.80 bits per heavy atom. The van der Waals surface area contributed by atoms with Crippen molar-refractivity contribution in [1.29, 1.82) is 0 Å². The summed E-state index contributed by atoms with van der Waals surface area (Å²) in [5.74, 6) is -1.04. The SMILES string of the molecule is CC(=O)N[C@@H]1[C@@H](O)[C@@H](O)[C@@H](CO[C@@H]2O[C@H](CO)[C@@H](O[C@@H]3O[C@H](CO)[C@H](O)[C@H](O)[C@H]3O)[C@H](O)[C@H]2NC(C)=O)O[C@@H]1C. The van der Waals surface area contributed by atoms with E-state index >= 15 is 0 Å². The molecule has 0 aromatic rings. The molecule has 0 bridgehead atoms. The lowest BCUT2D eigenvalue weighted by atomic mass is 9.93. The largest absolute Gasteiger partial charge is 0.394 e. The van der Waals surface area contributed by atoms with Crippen LogP contribution in [0.2, 0.25) is 0 Å². The smallest absolute Gasteiger partial charge is 0.217 e. The minimum absolute atomic E-state index is 0.404. The van der Waals surface area contributed by atoms with Crippen molar-refractivity contribution in [2.45, 2.75) is 113 Å². The summed E-state index contributed by atoms with van der Waals surface area (Å²) in [7, 11) is 0. The molecule has 10 N–H and O–H groups in total. The average molecular weight is 585 g/mol. The number of hydrogen-bond donors (Lipinski definition) is 10. The second-order valence-electron chi connectivity index (χ2n) is 10.2. The zero-order valence-corrected chi connectivity index (χ0v) is 22.2. The minimum Gasteiger partial charge on any atom is -0.394 e. The Morgan fingerprint density at radius 2 is 1.23 bits per heavy atom. The number of amides is 2. The van der Waals surface area contributed by atoms with E-state index in [1.165, 1.54) is 6.92 Å². The van der Waals surface area contributed by atoms with Crippen LogP contribution < -0.4 is 10.6 Å². The standard InChI is InChI=1S/C23H40N2O15/c1-7-13(24-8(2)28)17(32)16(31)12(37-7)6-36-22-14(25-9(3)29)18(33)21(11(5-27)39-22)40-23-20(35)19(34)15(30)10(4-26)38-23/h7,10-23,26-27,30-35H,4-6H2,1-3H3,(H,24,28)(H,25,29)/t7-,10-,11-,12-,13+,14-,15+,16+,17-,18-,19+,20-,21-,22-,23+/m1/s1. The number of aliphatic hydroxyl groups is 8. The molecule has 0 unspecified atom stereocenters. The van der Waals surface area contributed by atoms with Gasteiger partial charge in [0.1, 0.15) is 67.1 Å². The van der Waals surface area contributed by atoms with Crippen molar-refractivity contribution in [1.82, 2.24) is 10.6 Å². The summed E-state index contributed by atoms with van der Waals surface area (Å²) < 4.78 is 28.1. The number of hydrogen-bond acceptors (Lipinski definition) is 15. The van der Waals surface area contributed by atoms with E-state index in [0.717, 1.165) is 6.92 Å². The van der Waals surface area contributed by atoms with Crippen LogP contribution in [0.4, 0.5) is 0 Å². The first-order chi connectivity index (χ1) is 18.8. The molecule has 0 aromatic carbocycles. The summed E-state index contributed by atoms with van der Waals surface area (Å²) in [6.45, 7) is 2.11. The summed E-state index contributed by atoms with van der Waals surface area (Å²) in [4.78, 5) is 23.3. The fourth-order valence-electron chi connectivity index (χ4n) is 5.02. The predicted octanol–water partition coefficient (Wildman–Crippen LogP) is -6.22. The van der Waals surface area contributed by atoms with Gasteiger partial charge in [0, 0.05) is 13.8 Å². The molecule has 3 saturated heterocycles. The first kappa shape index (κ1) is 32.9. The fourth-order valence-corrected chi connectivity index (χ4v) is 5.02. The van der Waals surface area contributed by atoms with Crippen molar-refractivity contribution in [3.8, 4) is 0 Å². The highest BCUT2D eigenvalue weighted by Crippen LogP contribution is 2.30. The second kappa shape index (κ2) is 14.1. The van der Waals surface area contributed by atoms with Crippen LogP contribution in [0.15, 0.2) is 0 Å². The van der Waals surface area contributed by atoms with Gasteiger partial charge in [-0.1, -0.05) is 0 Å². The lowest BCUT2D eigenvalue weighted by Crippen LogP contribution is -2.68. The number of aliphatic hydroxyl groups excluding tert-OH is 8. The molecule has 0 saturated carbocycles. The van der Waals surface area contributed by atoms with Crippen molar-refractivity contribution in [3.63, 3.8) is 0 Å². The third kappa shape index (κ3) is 7.24. The minimum atomic E-state index is -1.81. The van der Waals surface area contributed by atoms with Gasteiger partial charge in [0.2, 0.25) is 11.8 Å². The van der Waals surface area contributed by atoms with Crippen LogP contribution in [-0.2, 0) is 33.3 Å². The average Bonchev–Trinajstić information content (AvgIpc) is 2.90. The van der Waals surface area contributed by atoms with Crippen LogP contribution in [0.3, 0.4) is 0 Å². The molecule has 3 heterocycles. The van der Waals surface area contributed by atoms with E-state index in [4.69, 9.17) is 23.7 Å². The van der Waals surface area contributed by atoms with Gasteiger partial charge in [0.15, 0.2) is 12.6 Å². The number of nitrogens with one attached hydrogen (secondary N) is 2. The first-order valence-electron chi connectivity index (χ1n) is 12.9. The molecule has 3 aliphatic rings.